The quantitative estimate of drug-likeness (QED) is 0.858. The number of benzene rings is 1. The lowest BCUT2D eigenvalue weighted by Gasteiger charge is -2.41. The standard InChI is InChI=1S/C15H15ClO3/c16-12-7-2-1-5-10(12)14-9-13(17)11-6-3-4-8-15(11,18)19-14/h1-2,5,7,9,11,18H,3-4,6,8H2. The number of hydrogen-bond donors (Lipinski definition) is 1. The third kappa shape index (κ3) is 2.17. The van der Waals surface area contributed by atoms with Gasteiger partial charge in [0.1, 0.15) is 5.76 Å². The second kappa shape index (κ2) is 4.66. The van der Waals surface area contributed by atoms with Gasteiger partial charge < -0.3 is 9.84 Å². The number of ether oxygens (including phenoxy) is 1. The third-order valence-corrected chi connectivity index (χ3v) is 4.19. The van der Waals surface area contributed by atoms with Crippen LogP contribution in [-0.2, 0) is 9.53 Å². The molecule has 1 heterocycles. The number of carbonyl (C=O) groups excluding carboxylic acids is 1. The van der Waals surface area contributed by atoms with E-state index < -0.39 is 11.7 Å². The van der Waals surface area contributed by atoms with Crippen LogP contribution in [0, 0.1) is 5.92 Å². The molecular formula is C15H15ClO3. The molecule has 3 nitrogen and oxygen atoms in total. The molecule has 100 valence electrons. The average Bonchev–Trinajstić information content (AvgIpc) is 2.38. The fraction of sp³-hybridized carbons (Fsp3) is 0.400. The summed E-state index contributed by atoms with van der Waals surface area (Å²) in [6, 6.07) is 7.17. The van der Waals surface area contributed by atoms with E-state index in [1.165, 1.54) is 6.08 Å². The van der Waals surface area contributed by atoms with Gasteiger partial charge in [0.15, 0.2) is 5.78 Å². The van der Waals surface area contributed by atoms with Gasteiger partial charge in [-0.05, 0) is 25.0 Å². The predicted molar refractivity (Wildman–Crippen MR) is 72.4 cm³/mol. The molecule has 1 aromatic rings. The van der Waals surface area contributed by atoms with Crippen molar-refractivity contribution < 1.29 is 14.6 Å². The summed E-state index contributed by atoms with van der Waals surface area (Å²) in [5, 5.41) is 11.1. The zero-order valence-corrected chi connectivity index (χ0v) is 11.2. The van der Waals surface area contributed by atoms with Gasteiger partial charge in [-0.25, -0.2) is 0 Å². The Hall–Kier alpha value is -1.32. The van der Waals surface area contributed by atoms with Crippen LogP contribution in [0.15, 0.2) is 30.3 Å². The lowest BCUT2D eigenvalue weighted by atomic mass is 9.79. The first-order valence-corrected chi connectivity index (χ1v) is 6.90. The van der Waals surface area contributed by atoms with Crippen LogP contribution in [0.5, 0.6) is 0 Å². The lowest BCUT2D eigenvalue weighted by Crippen LogP contribution is -2.48. The molecule has 0 amide bonds. The number of carbonyl (C=O) groups is 1. The topological polar surface area (TPSA) is 46.5 Å². The molecule has 1 aromatic carbocycles. The van der Waals surface area contributed by atoms with E-state index in [0.717, 1.165) is 12.8 Å². The van der Waals surface area contributed by atoms with Crippen LogP contribution in [0.2, 0.25) is 5.02 Å². The first-order valence-electron chi connectivity index (χ1n) is 6.52. The first kappa shape index (κ1) is 12.7. The van der Waals surface area contributed by atoms with Crippen LogP contribution in [0.25, 0.3) is 5.76 Å². The van der Waals surface area contributed by atoms with Gasteiger partial charge in [0, 0.05) is 18.1 Å². The number of fused-ring (bicyclic) bond motifs is 1. The zero-order chi connectivity index (χ0) is 13.5. The van der Waals surface area contributed by atoms with Crippen LogP contribution in [-0.4, -0.2) is 16.7 Å². The highest BCUT2D eigenvalue weighted by atomic mass is 35.5. The summed E-state index contributed by atoms with van der Waals surface area (Å²) in [6.07, 6.45) is 4.46. The van der Waals surface area contributed by atoms with Crippen LogP contribution in [0.3, 0.4) is 0 Å². The van der Waals surface area contributed by atoms with Gasteiger partial charge in [-0.1, -0.05) is 30.2 Å². The van der Waals surface area contributed by atoms with E-state index in [2.05, 4.69) is 0 Å². The SMILES string of the molecule is O=C1C=C(c2ccccc2Cl)OC2(O)CCCCC12. The maximum Gasteiger partial charge on any atom is 0.218 e. The van der Waals surface area contributed by atoms with Crippen molar-refractivity contribution in [3.8, 4) is 0 Å². The summed E-state index contributed by atoms with van der Waals surface area (Å²) in [5.41, 5.74) is 0.648. The Bertz CT molecular complexity index is 552. The summed E-state index contributed by atoms with van der Waals surface area (Å²) >= 11 is 6.11. The van der Waals surface area contributed by atoms with Gasteiger partial charge in [-0.3, -0.25) is 4.79 Å². The molecule has 1 N–H and O–H groups in total. The molecule has 3 rings (SSSR count). The molecule has 1 aliphatic carbocycles. The molecule has 1 saturated carbocycles. The minimum Gasteiger partial charge on any atom is -0.461 e. The molecule has 2 atom stereocenters. The fourth-order valence-corrected chi connectivity index (χ4v) is 3.09. The number of rotatable bonds is 1. The summed E-state index contributed by atoms with van der Waals surface area (Å²) in [5.74, 6) is -1.49. The summed E-state index contributed by atoms with van der Waals surface area (Å²) in [6.45, 7) is 0. The van der Waals surface area contributed by atoms with E-state index >= 15 is 0 Å². The normalized spacial score (nSPS) is 30.3. The second-order valence-corrected chi connectivity index (χ2v) is 5.54. The van der Waals surface area contributed by atoms with Gasteiger partial charge in [-0.15, -0.1) is 0 Å². The molecule has 1 fully saturated rings. The average molecular weight is 279 g/mol. The summed E-state index contributed by atoms with van der Waals surface area (Å²) < 4.78 is 5.73. The highest BCUT2D eigenvalue weighted by Crippen LogP contribution is 2.43. The molecule has 0 bridgehead atoms. The number of ketones is 1. The maximum absolute atomic E-state index is 12.2. The second-order valence-electron chi connectivity index (χ2n) is 5.14. The minimum absolute atomic E-state index is 0.0663. The van der Waals surface area contributed by atoms with Crippen molar-refractivity contribution in [2.24, 2.45) is 5.92 Å². The number of halogens is 1. The third-order valence-electron chi connectivity index (χ3n) is 3.87. The first-order chi connectivity index (χ1) is 9.10. The minimum atomic E-state index is -1.36. The van der Waals surface area contributed by atoms with Crippen LogP contribution < -0.4 is 0 Å². The molecule has 19 heavy (non-hydrogen) atoms. The van der Waals surface area contributed by atoms with E-state index in [1.807, 2.05) is 12.1 Å². The smallest absolute Gasteiger partial charge is 0.218 e. The summed E-state index contributed by atoms with van der Waals surface area (Å²) in [7, 11) is 0. The molecular weight excluding hydrogens is 264 g/mol. The molecule has 2 aliphatic rings. The Balaban J connectivity index is 2.01. The Kier molecular flexibility index (Phi) is 3.11. The fourth-order valence-electron chi connectivity index (χ4n) is 2.86. The van der Waals surface area contributed by atoms with Gasteiger partial charge in [-0.2, -0.15) is 0 Å². The molecule has 2 unspecified atom stereocenters. The Labute approximate surface area is 116 Å². The maximum atomic E-state index is 12.2. The highest BCUT2D eigenvalue weighted by Gasteiger charge is 2.48. The van der Waals surface area contributed by atoms with E-state index in [4.69, 9.17) is 16.3 Å². The van der Waals surface area contributed by atoms with Crippen molar-refractivity contribution >= 4 is 23.1 Å². The van der Waals surface area contributed by atoms with Crippen molar-refractivity contribution in [2.45, 2.75) is 31.5 Å². The van der Waals surface area contributed by atoms with Crippen LogP contribution in [0.1, 0.15) is 31.2 Å². The lowest BCUT2D eigenvalue weighted by molar-refractivity contribution is -0.214. The van der Waals surface area contributed by atoms with Crippen molar-refractivity contribution in [3.05, 3.63) is 40.9 Å². The van der Waals surface area contributed by atoms with E-state index in [9.17, 15) is 9.90 Å². The number of aliphatic hydroxyl groups is 1. The van der Waals surface area contributed by atoms with E-state index in [0.29, 0.717) is 29.2 Å². The zero-order valence-electron chi connectivity index (χ0n) is 10.4. The van der Waals surface area contributed by atoms with Crippen molar-refractivity contribution in [1.82, 2.24) is 0 Å². The van der Waals surface area contributed by atoms with Gasteiger partial charge >= 0.3 is 0 Å². The Morgan fingerprint density at radius 2 is 2.11 bits per heavy atom. The van der Waals surface area contributed by atoms with Crippen LogP contribution in [0.4, 0.5) is 0 Å². The Morgan fingerprint density at radius 1 is 1.32 bits per heavy atom. The van der Waals surface area contributed by atoms with Gasteiger partial charge in [0.05, 0.1) is 10.9 Å². The summed E-state index contributed by atoms with van der Waals surface area (Å²) in [4.78, 5) is 12.2. The molecule has 0 aromatic heterocycles. The molecule has 0 saturated heterocycles. The van der Waals surface area contributed by atoms with Gasteiger partial charge in [0.25, 0.3) is 0 Å². The molecule has 1 aliphatic heterocycles. The van der Waals surface area contributed by atoms with Crippen molar-refractivity contribution in [2.75, 3.05) is 0 Å². The molecule has 0 spiro atoms. The number of allylic oxidation sites excluding steroid dienone is 1. The van der Waals surface area contributed by atoms with E-state index in [1.54, 1.807) is 12.1 Å². The highest BCUT2D eigenvalue weighted by molar-refractivity contribution is 6.32. The van der Waals surface area contributed by atoms with E-state index in [-0.39, 0.29) is 5.78 Å². The van der Waals surface area contributed by atoms with Gasteiger partial charge in [0.2, 0.25) is 5.79 Å². The molecule has 4 heteroatoms. The monoisotopic (exact) mass is 278 g/mol. The van der Waals surface area contributed by atoms with Crippen molar-refractivity contribution in [1.29, 1.82) is 0 Å². The Morgan fingerprint density at radius 3 is 2.89 bits per heavy atom. The van der Waals surface area contributed by atoms with Crippen LogP contribution >= 0.6 is 11.6 Å². The largest absolute Gasteiger partial charge is 0.461 e. The molecule has 0 radical (unpaired) electrons. The predicted octanol–water partition coefficient (Wildman–Crippen LogP) is 3.16. The van der Waals surface area contributed by atoms with Crippen molar-refractivity contribution in [3.63, 3.8) is 0 Å². The number of hydrogen-bond acceptors (Lipinski definition) is 3.